The monoisotopic (exact) mass is 515 g/mol. The number of pyridine rings is 2. The van der Waals surface area contributed by atoms with Crippen LogP contribution in [0, 0.1) is 0 Å². The van der Waals surface area contributed by atoms with Gasteiger partial charge < -0.3 is 24.5 Å². The van der Waals surface area contributed by atoms with Gasteiger partial charge in [-0.05, 0) is 47.2 Å². The number of aromatic amines is 1. The third-order valence-corrected chi connectivity index (χ3v) is 6.18. The Morgan fingerprint density at radius 3 is 2.19 bits per heavy atom. The minimum absolute atomic E-state index is 0.00189. The summed E-state index contributed by atoms with van der Waals surface area (Å²) in [5, 5.41) is 4.41. The van der Waals surface area contributed by atoms with Gasteiger partial charge in [0.25, 0.3) is 5.56 Å². The number of anilines is 1. The number of benzene rings is 2. The van der Waals surface area contributed by atoms with Gasteiger partial charge in [0.2, 0.25) is 0 Å². The van der Waals surface area contributed by atoms with E-state index in [9.17, 15) is 18.0 Å². The predicted molar refractivity (Wildman–Crippen MR) is 137 cm³/mol. The Hall–Kier alpha value is -3.95. The van der Waals surface area contributed by atoms with Gasteiger partial charge in [-0.15, -0.1) is 0 Å². The van der Waals surface area contributed by atoms with Crippen molar-refractivity contribution in [1.82, 2.24) is 9.97 Å². The second kappa shape index (κ2) is 10.2. The fourth-order valence-corrected chi connectivity index (χ4v) is 4.42. The van der Waals surface area contributed by atoms with Crippen molar-refractivity contribution in [3.63, 3.8) is 0 Å². The second-order valence-corrected chi connectivity index (χ2v) is 8.92. The predicted octanol–water partition coefficient (Wildman–Crippen LogP) is 5.79. The molecule has 0 saturated carbocycles. The standard InChI is InChI=1S/C27H28F3N3O4/c1-14(2)24-17-12-23(37-5)22(36-4)11-16(17)18(26(34)33-24)9-15-10-19-20(7-6-8-21(19)35-3)32-25(15)31-13-27(28,29)30/h6-8,10-12,14H,9,13H2,1-5H3,(H,31,32)(H,33,34). The number of hydrogen-bond acceptors (Lipinski definition) is 6. The average molecular weight is 516 g/mol. The molecule has 0 aliphatic heterocycles. The van der Waals surface area contributed by atoms with E-state index in [1.54, 1.807) is 36.4 Å². The van der Waals surface area contributed by atoms with Crippen LogP contribution in [0.2, 0.25) is 0 Å². The third kappa shape index (κ3) is 5.28. The highest BCUT2D eigenvalue weighted by Gasteiger charge is 2.28. The van der Waals surface area contributed by atoms with Crippen LogP contribution in [0.4, 0.5) is 19.0 Å². The van der Waals surface area contributed by atoms with Crippen LogP contribution in [0.5, 0.6) is 17.2 Å². The van der Waals surface area contributed by atoms with Gasteiger partial charge in [0.1, 0.15) is 18.1 Å². The van der Waals surface area contributed by atoms with Crippen LogP contribution >= 0.6 is 0 Å². The van der Waals surface area contributed by atoms with E-state index in [0.29, 0.717) is 44.7 Å². The van der Waals surface area contributed by atoms with Gasteiger partial charge in [-0.25, -0.2) is 4.98 Å². The maximum absolute atomic E-state index is 13.4. The summed E-state index contributed by atoms with van der Waals surface area (Å²) in [5.74, 6) is 1.50. The second-order valence-electron chi connectivity index (χ2n) is 8.92. The fourth-order valence-electron chi connectivity index (χ4n) is 4.42. The van der Waals surface area contributed by atoms with Gasteiger partial charge in [0.05, 0.1) is 26.8 Å². The SMILES string of the molecule is COc1cc2c(C(C)C)[nH]c(=O)c(Cc3cc4c(OC)cccc4nc3NCC(F)(F)F)c2cc1OC. The molecule has 4 aromatic rings. The molecule has 2 N–H and O–H groups in total. The van der Waals surface area contributed by atoms with Crippen molar-refractivity contribution in [1.29, 1.82) is 0 Å². The topological polar surface area (TPSA) is 85.5 Å². The number of halogens is 3. The summed E-state index contributed by atoms with van der Waals surface area (Å²) in [4.78, 5) is 20.8. The number of rotatable bonds is 8. The van der Waals surface area contributed by atoms with E-state index in [4.69, 9.17) is 14.2 Å². The number of aromatic nitrogens is 2. The molecule has 0 spiro atoms. The molecule has 2 aromatic heterocycles. The minimum atomic E-state index is -4.45. The molecule has 0 aliphatic rings. The Morgan fingerprint density at radius 1 is 0.946 bits per heavy atom. The molecule has 0 unspecified atom stereocenters. The van der Waals surface area contributed by atoms with Crippen LogP contribution in [0.25, 0.3) is 21.7 Å². The summed E-state index contributed by atoms with van der Waals surface area (Å²) in [6.45, 7) is 2.65. The number of fused-ring (bicyclic) bond motifs is 2. The van der Waals surface area contributed by atoms with Gasteiger partial charge >= 0.3 is 6.18 Å². The number of alkyl halides is 3. The quantitative estimate of drug-likeness (QED) is 0.309. The van der Waals surface area contributed by atoms with Crippen LogP contribution in [0.15, 0.2) is 41.2 Å². The van der Waals surface area contributed by atoms with Crippen LogP contribution < -0.4 is 25.1 Å². The highest BCUT2D eigenvalue weighted by Crippen LogP contribution is 2.37. The van der Waals surface area contributed by atoms with Crippen LogP contribution in [-0.2, 0) is 6.42 Å². The molecular weight excluding hydrogens is 487 g/mol. The fraction of sp³-hybridized carbons (Fsp3) is 0.333. The lowest BCUT2D eigenvalue weighted by Gasteiger charge is -2.18. The molecule has 4 rings (SSSR count). The number of nitrogens with zero attached hydrogens (tertiary/aromatic N) is 1. The number of H-pyrrole nitrogens is 1. The largest absolute Gasteiger partial charge is 0.496 e. The molecule has 0 aliphatic carbocycles. The zero-order valence-electron chi connectivity index (χ0n) is 21.2. The summed E-state index contributed by atoms with van der Waals surface area (Å²) in [6.07, 6.45) is -4.43. The summed E-state index contributed by atoms with van der Waals surface area (Å²) in [6, 6.07) is 10.4. The van der Waals surface area contributed by atoms with Crippen molar-refractivity contribution in [3.05, 3.63) is 63.6 Å². The average Bonchev–Trinajstić information content (AvgIpc) is 2.86. The molecule has 7 nitrogen and oxygen atoms in total. The Labute approximate surface area is 211 Å². The first-order valence-electron chi connectivity index (χ1n) is 11.6. The lowest BCUT2D eigenvalue weighted by atomic mass is 9.95. The Balaban J connectivity index is 1.97. The van der Waals surface area contributed by atoms with Crippen molar-refractivity contribution < 1.29 is 27.4 Å². The van der Waals surface area contributed by atoms with E-state index in [2.05, 4.69) is 15.3 Å². The smallest absolute Gasteiger partial charge is 0.405 e. The maximum atomic E-state index is 13.4. The maximum Gasteiger partial charge on any atom is 0.405 e. The van der Waals surface area contributed by atoms with Gasteiger partial charge in [0.15, 0.2) is 11.5 Å². The van der Waals surface area contributed by atoms with E-state index in [1.807, 2.05) is 13.8 Å². The Morgan fingerprint density at radius 2 is 1.59 bits per heavy atom. The molecule has 0 fully saturated rings. The first-order valence-corrected chi connectivity index (χ1v) is 11.6. The van der Waals surface area contributed by atoms with Crippen LogP contribution in [0.3, 0.4) is 0 Å². The summed E-state index contributed by atoms with van der Waals surface area (Å²) in [7, 11) is 4.53. The van der Waals surface area contributed by atoms with Crippen molar-refractivity contribution in [3.8, 4) is 17.2 Å². The van der Waals surface area contributed by atoms with Crippen molar-refractivity contribution in [2.24, 2.45) is 0 Å². The summed E-state index contributed by atoms with van der Waals surface area (Å²) < 4.78 is 55.6. The minimum Gasteiger partial charge on any atom is -0.496 e. The zero-order chi connectivity index (χ0) is 26.9. The highest BCUT2D eigenvalue weighted by molar-refractivity contribution is 5.92. The molecule has 10 heteroatoms. The Bertz CT molecular complexity index is 1510. The van der Waals surface area contributed by atoms with E-state index in [-0.39, 0.29) is 23.7 Å². The number of nitrogens with one attached hydrogen (secondary N) is 2. The normalized spacial score (nSPS) is 11.8. The molecule has 37 heavy (non-hydrogen) atoms. The molecule has 0 saturated heterocycles. The molecule has 0 radical (unpaired) electrons. The summed E-state index contributed by atoms with van der Waals surface area (Å²) >= 11 is 0. The molecule has 196 valence electrons. The van der Waals surface area contributed by atoms with E-state index in [0.717, 1.165) is 11.1 Å². The molecule has 2 heterocycles. The number of ether oxygens (including phenoxy) is 3. The van der Waals surface area contributed by atoms with Gasteiger partial charge in [0, 0.05) is 28.5 Å². The van der Waals surface area contributed by atoms with Crippen LogP contribution in [-0.4, -0.2) is 44.0 Å². The highest BCUT2D eigenvalue weighted by atomic mass is 19.4. The number of methoxy groups -OCH3 is 3. The van der Waals surface area contributed by atoms with Gasteiger partial charge in [-0.2, -0.15) is 13.2 Å². The third-order valence-electron chi connectivity index (χ3n) is 6.18. The zero-order valence-corrected chi connectivity index (χ0v) is 21.2. The molecule has 0 bridgehead atoms. The van der Waals surface area contributed by atoms with Crippen LogP contribution in [0.1, 0.15) is 36.6 Å². The van der Waals surface area contributed by atoms with Crippen molar-refractivity contribution in [2.45, 2.75) is 32.4 Å². The summed E-state index contributed by atoms with van der Waals surface area (Å²) in [5.41, 5.74) is 1.63. The van der Waals surface area contributed by atoms with Crippen molar-refractivity contribution >= 4 is 27.5 Å². The molecular formula is C27H28F3N3O4. The first-order chi connectivity index (χ1) is 17.6. The van der Waals surface area contributed by atoms with E-state index in [1.165, 1.54) is 21.3 Å². The first kappa shape index (κ1) is 26.1. The van der Waals surface area contributed by atoms with E-state index < -0.39 is 12.7 Å². The van der Waals surface area contributed by atoms with E-state index >= 15 is 0 Å². The molecule has 0 atom stereocenters. The lowest BCUT2D eigenvalue weighted by molar-refractivity contribution is -0.115. The van der Waals surface area contributed by atoms with Gasteiger partial charge in [-0.3, -0.25) is 4.79 Å². The number of hydrogen-bond donors (Lipinski definition) is 2. The lowest BCUT2D eigenvalue weighted by Crippen LogP contribution is -2.23. The Kier molecular flexibility index (Phi) is 7.20. The van der Waals surface area contributed by atoms with Crippen molar-refractivity contribution in [2.75, 3.05) is 33.2 Å². The van der Waals surface area contributed by atoms with Gasteiger partial charge in [-0.1, -0.05) is 19.9 Å². The molecule has 0 amide bonds. The molecule has 2 aromatic carbocycles.